The molecule has 0 N–H and O–H groups in total. The third kappa shape index (κ3) is 5.05. The van der Waals surface area contributed by atoms with Crippen molar-refractivity contribution >= 4 is 22.9 Å². The Bertz CT molecular complexity index is 1480. The number of carbonyl (C=O) groups excluding carboxylic acids is 2. The van der Waals surface area contributed by atoms with Crippen LogP contribution in [0, 0.1) is 13.8 Å². The summed E-state index contributed by atoms with van der Waals surface area (Å²) in [7, 11) is 3.20. The number of ether oxygens (including phenoxy) is 3. The molecule has 188 valence electrons. The molecule has 0 fully saturated rings. The van der Waals surface area contributed by atoms with E-state index < -0.39 is 18.3 Å². The zero-order valence-electron chi connectivity index (χ0n) is 20.7. The van der Waals surface area contributed by atoms with Crippen molar-refractivity contribution in [1.29, 1.82) is 0 Å². The molecule has 2 aromatic carbocycles. The van der Waals surface area contributed by atoms with Crippen LogP contribution in [0.1, 0.15) is 27.3 Å². The highest BCUT2D eigenvalue weighted by Crippen LogP contribution is 2.28. The molecule has 0 aliphatic heterocycles. The summed E-state index contributed by atoms with van der Waals surface area (Å²) in [4.78, 5) is 37.3. The van der Waals surface area contributed by atoms with Gasteiger partial charge in [-0.3, -0.25) is 14.2 Å². The molecule has 9 heteroatoms. The number of benzene rings is 2. The second-order valence-electron chi connectivity index (χ2n) is 8.38. The molecule has 4 aromatic rings. The molecule has 2 aromatic heterocycles. The SMILES string of the molecule is COc1ccc(CCn2c(C)cc(C(=O)COC(=O)Cn3c(=O)oc4ccccc43)c2C)cc1OC. The quantitative estimate of drug-likeness (QED) is 0.246. The van der Waals surface area contributed by atoms with Crippen LogP contribution in [0.25, 0.3) is 11.1 Å². The van der Waals surface area contributed by atoms with Gasteiger partial charge in [0.15, 0.2) is 23.7 Å². The lowest BCUT2D eigenvalue weighted by molar-refractivity contribution is -0.143. The summed E-state index contributed by atoms with van der Waals surface area (Å²) in [5, 5.41) is 0. The summed E-state index contributed by atoms with van der Waals surface area (Å²) in [5.41, 5.74) is 4.17. The molecule has 0 bridgehead atoms. The summed E-state index contributed by atoms with van der Waals surface area (Å²) in [6, 6.07) is 14.4. The molecule has 0 saturated heterocycles. The maximum absolute atomic E-state index is 12.8. The van der Waals surface area contributed by atoms with Crippen LogP contribution in [-0.2, 0) is 29.0 Å². The minimum absolute atomic E-state index is 0.307. The fourth-order valence-corrected chi connectivity index (χ4v) is 4.27. The third-order valence-corrected chi connectivity index (χ3v) is 6.17. The first-order chi connectivity index (χ1) is 17.3. The molecule has 0 atom stereocenters. The Kier molecular flexibility index (Phi) is 7.28. The highest BCUT2D eigenvalue weighted by Gasteiger charge is 2.19. The molecule has 4 rings (SSSR count). The second-order valence-corrected chi connectivity index (χ2v) is 8.38. The molecule has 2 heterocycles. The summed E-state index contributed by atoms with van der Waals surface area (Å²) in [6.45, 7) is 3.71. The average Bonchev–Trinajstić information content (AvgIpc) is 3.35. The Balaban J connectivity index is 1.39. The van der Waals surface area contributed by atoms with Crippen molar-refractivity contribution < 1.29 is 28.2 Å². The highest BCUT2D eigenvalue weighted by atomic mass is 16.5. The highest BCUT2D eigenvalue weighted by molar-refractivity contribution is 5.99. The molecule has 0 spiro atoms. The Hall–Kier alpha value is -4.27. The van der Waals surface area contributed by atoms with E-state index >= 15 is 0 Å². The first kappa shape index (κ1) is 24.8. The molecule has 0 radical (unpaired) electrons. The maximum Gasteiger partial charge on any atom is 0.420 e. The number of para-hydroxylation sites is 2. The van der Waals surface area contributed by atoms with Crippen molar-refractivity contribution in [3.63, 3.8) is 0 Å². The van der Waals surface area contributed by atoms with Crippen LogP contribution in [0.5, 0.6) is 11.5 Å². The van der Waals surface area contributed by atoms with E-state index in [1.807, 2.05) is 32.0 Å². The van der Waals surface area contributed by atoms with E-state index in [-0.39, 0.29) is 12.3 Å². The number of carbonyl (C=O) groups is 2. The molecule has 0 saturated carbocycles. The predicted molar refractivity (Wildman–Crippen MR) is 133 cm³/mol. The number of Topliss-reactive ketones (excluding diaryl/α,β-unsaturated/α-hetero) is 1. The number of nitrogens with zero attached hydrogens (tertiary/aromatic N) is 2. The lowest BCUT2D eigenvalue weighted by Gasteiger charge is -2.12. The minimum atomic E-state index is -0.695. The van der Waals surface area contributed by atoms with Crippen LogP contribution in [0.2, 0.25) is 0 Å². The normalized spacial score (nSPS) is 11.0. The van der Waals surface area contributed by atoms with Crippen LogP contribution >= 0.6 is 0 Å². The van der Waals surface area contributed by atoms with E-state index in [1.165, 1.54) is 4.57 Å². The summed E-state index contributed by atoms with van der Waals surface area (Å²) in [6.07, 6.45) is 0.729. The van der Waals surface area contributed by atoms with Gasteiger partial charge in [0.2, 0.25) is 5.78 Å². The van der Waals surface area contributed by atoms with E-state index in [4.69, 9.17) is 18.6 Å². The average molecular weight is 493 g/mol. The monoisotopic (exact) mass is 492 g/mol. The molecule has 0 aliphatic carbocycles. The van der Waals surface area contributed by atoms with E-state index in [0.29, 0.717) is 34.7 Å². The van der Waals surface area contributed by atoms with Crippen LogP contribution in [0.4, 0.5) is 0 Å². The molecule has 36 heavy (non-hydrogen) atoms. The van der Waals surface area contributed by atoms with Crippen molar-refractivity contribution in [2.75, 3.05) is 20.8 Å². The Morgan fingerprint density at radius 3 is 2.44 bits per heavy atom. The van der Waals surface area contributed by atoms with Crippen molar-refractivity contribution in [3.8, 4) is 11.5 Å². The summed E-state index contributed by atoms with van der Waals surface area (Å²) < 4.78 is 24.2. The molecular weight excluding hydrogens is 464 g/mol. The van der Waals surface area contributed by atoms with Crippen LogP contribution in [-0.4, -0.2) is 41.7 Å². The van der Waals surface area contributed by atoms with Crippen molar-refractivity contribution in [2.24, 2.45) is 0 Å². The lowest BCUT2D eigenvalue weighted by atomic mass is 10.1. The predicted octanol–water partition coefficient (Wildman–Crippen LogP) is 3.70. The van der Waals surface area contributed by atoms with Gasteiger partial charge >= 0.3 is 11.7 Å². The summed E-state index contributed by atoms with van der Waals surface area (Å²) >= 11 is 0. The number of ketones is 1. The van der Waals surface area contributed by atoms with E-state index in [9.17, 15) is 14.4 Å². The van der Waals surface area contributed by atoms with E-state index in [2.05, 4.69) is 4.57 Å². The number of esters is 1. The van der Waals surface area contributed by atoms with Gasteiger partial charge in [-0.1, -0.05) is 18.2 Å². The Labute approximate surface area is 207 Å². The fraction of sp³-hybridized carbons (Fsp3) is 0.296. The van der Waals surface area contributed by atoms with Crippen molar-refractivity contribution in [1.82, 2.24) is 9.13 Å². The second kappa shape index (κ2) is 10.6. The standard InChI is InChI=1S/C27H28N2O7/c1-17-13-20(18(2)28(17)12-11-19-9-10-24(33-3)25(14-19)34-4)22(30)16-35-26(31)15-29-21-7-5-6-8-23(21)36-27(29)32/h5-10,13-14H,11-12,15-16H2,1-4H3. The zero-order valence-corrected chi connectivity index (χ0v) is 20.7. The smallest absolute Gasteiger partial charge is 0.420 e. The topological polar surface area (TPSA) is 102 Å². The third-order valence-electron chi connectivity index (χ3n) is 6.17. The van der Waals surface area contributed by atoms with Crippen molar-refractivity contribution in [2.45, 2.75) is 33.4 Å². The van der Waals surface area contributed by atoms with Crippen LogP contribution in [0.15, 0.2) is 57.7 Å². The lowest BCUT2D eigenvalue weighted by Crippen LogP contribution is -2.23. The maximum atomic E-state index is 12.8. The Morgan fingerprint density at radius 2 is 1.69 bits per heavy atom. The molecule has 0 unspecified atom stereocenters. The van der Waals surface area contributed by atoms with Gasteiger partial charge in [-0.25, -0.2) is 4.79 Å². The van der Waals surface area contributed by atoms with Crippen LogP contribution in [0.3, 0.4) is 0 Å². The number of aryl methyl sites for hydroxylation is 2. The fourth-order valence-electron chi connectivity index (χ4n) is 4.27. The summed E-state index contributed by atoms with van der Waals surface area (Å²) in [5.74, 6) is -0.322. The van der Waals surface area contributed by atoms with Crippen molar-refractivity contribution in [3.05, 3.63) is 81.6 Å². The zero-order chi connectivity index (χ0) is 25.8. The van der Waals surface area contributed by atoms with E-state index in [1.54, 1.807) is 44.6 Å². The number of fused-ring (bicyclic) bond motifs is 1. The van der Waals surface area contributed by atoms with Gasteiger partial charge in [0.05, 0.1) is 19.7 Å². The van der Waals surface area contributed by atoms with Gasteiger partial charge in [-0.2, -0.15) is 0 Å². The molecule has 0 aliphatic rings. The minimum Gasteiger partial charge on any atom is -0.493 e. The molecule has 9 nitrogen and oxygen atoms in total. The molecular formula is C27H28N2O7. The first-order valence-electron chi connectivity index (χ1n) is 11.5. The Morgan fingerprint density at radius 1 is 0.944 bits per heavy atom. The number of methoxy groups -OCH3 is 2. The van der Waals surface area contributed by atoms with Gasteiger partial charge in [0.25, 0.3) is 0 Å². The largest absolute Gasteiger partial charge is 0.493 e. The number of rotatable bonds is 10. The van der Waals surface area contributed by atoms with Crippen LogP contribution < -0.4 is 15.2 Å². The van der Waals surface area contributed by atoms with Gasteiger partial charge < -0.3 is 23.2 Å². The van der Waals surface area contributed by atoms with E-state index in [0.717, 1.165) is 23.4 Å². The number of aromatic nitrogens is 2. The van der Waals surface area contributed by atoms with Gasteiger partial charge in [-0.05, 0) is 56.2 Å². The van der Waals surface area contributed by atoms with Gasteiger partial charge in [0, 0.05) is 23.5 Å². The number of hydrogen-bond donors (Lipinski definition) is 0. The molecule has 0 amide bonds. The van der Waals surface area contributed by atoms with Gasteiger partial charge in [-0.15, -0.1) is 0 Å². The number of hydrogen-bond acceptors (Lipinski definition) is 7. The number of oxazole rings is 1. The van der Waals surface area contributed by atoms with Gasteiger partial charge in [0.1, 0.15) is 6.54 Å². The first-order valence-corrected chi connectivity index (χ1v) is 11.5.